The fourth-order valence-corrected chi connectivity index (χ4v) is 4.50. The highest BCUT2D eigenvalue weighted by Gasteiger charge is 2.27. The molecule has 35 heavy (non-hydrogen) atoms. The summed E-state index contributed by atoms with van der Waals surface area (Å²) in [6, 6.07) is 30.2. The second-order valence-corrected chi connectivity index (χ2v) is 8.73. The van der Waals surface area contributed by atoms with E-state index in [0.29, 0.717) is 19.7 Å². The number of nitrogens with zero attached hydrogens (tertiary/aromatic N) is 3. The summed E-state index contributed by atoms with van der Waals surface area (Å²) in [5.74, 6) is 1.11. The first-order valence-corrected chi connectivity index (χ1v) is 12.0. The van der Waals surface area contributed by atoms with E-state index in [1.165, 1.54) is 0 Å². The average molecular weight is 468 g/mol. The van der Waals surface area contributed by atoms with Crippen LogP contribution in [0.15, 0.2) is 91.0 Å². The van der Waals surface area contributed by atoms with E-state index in [-0.39, 0.29) is 12.0 Å². The van der Waals surface area contributed by atoms with Gasteiger partial charge in [-0.15, -0.1) is 0 Å². The van der Waals surface area contributed by atoms with Crippen molar-refractivity contribution in [2.75, 3.05) is 20.2 Å². The predicted octanol–water partition coefficient (Wildman–Crippen LogP) is 6.06. The number of hydrogen-bond acceptors (Lipinski definition) is 4. The summed E-state index contributed by atoms with van der Waals surface area (Å²) in [6.07, 6.45) is 1.46. The van der Waals surface area contributed by atoms with Gasteiger partial charge in [-0.25, -0.2) is 9.48 Å². The van der Waals surface area contributed by atoms with Gasteiger partial charge in [-0.1, -0.05) is 48.5 Å². The van der Waals surface area contributed by atoms with Gasteiger partial charge in [0.25, 0.3) is 0 Å². The Balaban J connectivity index is 1.30. The van der Waals surface area contributed by atoms with Crippen LogP contribution < -0.4 is 4.74 Å². The molecule has 0 radical (unpaired) electrons. The number of benzene rings is 3. The van der Waals surface area contributed by atoms with E-state index in [4.69, 9.17) is 14.6 Å². The Kier molecular flexibility index (Phi) is 6.80. The first-order chi connectivity index (χ1) is 17.2. The van der Waals surface area contributed by atoms with E-state index >= 15 is 0 Å². The molecule has 0 atom stereocenters. The normalized spacial score (nSPS) is 14.0. The van der Waals surface area contributed by atoms with Crippen molar-refractivity contribution in [1.82, 2.24) is 14.7 Å². The molecule has 1 amide bonds. The number of para-hydroxylation sites is 1. The van der Waals surface area contributed by atoms with Gasteiger partial charge in [0.1, 0.15) is 12.4 Å². The minimum absolute atomic E-state index is 0.249. The number of carbonyl (C=O) groups is 1. The molecular formula is C29H29N3O3. The summed E-state index contributed by atoms with van der Waals surface area (Å²) in [6.45, 7) is 1.62. The van der Waals surface area contributed by atoms with Crippen molar-refractivity contribution in [3.63, 3.8) is 0 Å². The predicted molar refractivity (Wildman–Crippen MR) is 136 cm³/mol. The maximum absolute atomic E-state index is 12.6. The third kappa shape index (κ3) is 5.22. The lowest BCUT2D eigenvalue weighted by molar-refractivity contribution is 0.0868. The number of amides is 1. The Morgan fingerprint density at radius 2 is 1.57 bits per heavy atom. The van der Waals surface area contributed by atoms with Crippen LogP contribution >= 0.6 is 0 Å². The van der Waals surface area contributed by atoms with Gasteiger partial charge in [-0.3, -0.25) is 0 Å². The Bertz CT molecular complexity index is 1250. The van der Waals surface area contributed by atoms with Crippen molar-refractivity contribution < 1.29 is 14.3 Å². The summed E-state index contributed by atoms with van der Waals surface area (Å²) in [7, 11) is 1.67. The summed E-state index contributed by atoms with van der Waals surface area (Å²) >= 11 is 0. The number of aromatic nitrogens is 2. The van der Waals surface area contributed by atoms with Crippen molar-refractivity contribution in [1.29, 1.82) is 0 Å². The largest absolute Gasteiger partial charge is 0.497 e. The van der Waals surface area contributed by atoms with Crippen molar-refractivity contribution in [3.8, 4) is 22.7 Å². The molecule has 1 aromatic heterocycles. The zero-order chi connectivity index (χ0) is 24.0. The molecule has 1 aliphatic rings. The van der Waals surface area contributed by atoms with Crippen LogP contribution in [-0.4, -0.2) is 41.0 Å². The average Bonchev–Trinajstić information content (AvgIpc) is 3.38. The van der Waals surface area contributed by atoms with Gasteiger partial charge in [-0.05, 0) is 60.9 Å². The molecule has 0 bridgehead atoms. The molecule has 5 rings (SSSR count). The molecule has 6 heteroatoms. The molecule has 0 unspecified atom stereocenters. The van der Waals surface area contributed by atoms with E-state index in [2.05, 4.69) is 30.3 Å². The minimum Gasteiger partial charge on any atom is -0.497 e. The van der Waals surface area contributed by atoms with Gasteiger partial charge in [0.15, 0.2) is 0 Å². The smallest absolute Gasteiger partial charge is 0.410 e. The van der Waals surface area contributed by atoms with E-state index in [9.17, 15) is 4.79 Å². The highest BCUT2D eigenvalue weighted by molar-refractivity contribution is 5.68. The Morgan fingerprint density at radius 1 is 0.914 bits per heavy atom. The van der Waals surface area contributed by atoms with E-state index in [1.54, 1.807) is 12.0 Å². The van der Waals surface area contributed by atoms with Crippen molar-refractivity contribution in [3.05, 3.63) is 102 Å². The highest BCUT2D eigenvalue weighted by atomic mass is 16.6. The zero-order valence-corrected chi connectivity index (χ0v) is 19.8. The van der Waals surface area contributed by atoms with Crippen LogP contribution in [0.5, 0.6) is 5.75 Å². The van der Waals surface area contributed by atoms with Crippen molar-refractivity contribution in [2.24, 2.45) is 0 Å². The topological polar surface area (TPSA) is 56.6 Å². The van der Waals surface area contributed by atoms with Gasteiger partial charge in [0, 0.05) is 24.6 Å². The molecule has 178 valence electrons. The van der Waals surface area contributed by atoms with Crippen molar-refractivity contribution in [2.45, 2.75) is 25.4 Å². The third-order valence-electron chi connectivity index (χ3n) is 6.49. The van der Waals surface area contributed by atoms with Crippen LogP contribution in [0.1, 0.15) is 30.0 Å². The van der Waals surface area contributed by atoms with Gasteiger partial charge in [0.05, 0.1) is 24.2 Å². The number of carbonyl (C=O) groups excluding carboxylic acids is 1. The monoisotopic (exact) mass is 467 g/mol. The molecule has 0 aliphatic carbocycles. The maximum Gasteiger partial charge on any atom is 0.410 e. The molecule has 1 fully saturated rings. The first-order valence-electron chi connectivity index (χ1n) is 12.0. The molecule has 0 saturated carbocycles. The van der Waals surface area contributed by atoms with E-state index in [1.807, 2.05) is 65.3 Å². The molecule has 2 heterocycles. The van der Waals surface area contributed by atoms with E-state index in [0.717, 1.165) is 46.8 Å². The van der Waals surface area contributed by atoms with Crippen LogP contribution in [0.25, 0.3) is 16.9 Å². The molecule has 3 aromatic carbocycles. The van der Waals surface area contributed by atoms with E-state index < -0.39 is 0 Å². The van der Waals surface area contributed by atoms with Crippen LogP contribution in [0, 0.1) is 0 Å². The van der Waals surface area contributed by atoms with Gasteiger partial charge < -0.3 is 14.4 Å². The number of rotatable bonds is 6. The van der Waals surface area contributed by atoms with Gasteiger partial charge in [-0.2, -0.15) is 5.10 Å². The Labute approximate surface area is 205 Å². The van der Waals surface area contributed by atoms with Crippen molar-refractivity contribution >= 4 is 6.09 Å². The standard InChI is InChI=1S/C29H29N3O3/c1-34-26-14-12-24(13-15-26)28-20-27(30-32(28)25-10-6-3-7-11-25)23-16-18-31(19-17-23)29(33)35-21-22-8-4-2-5-9-22/h2-15,20,23H,16-19,21H2,1H3. The van der Waals surface area contributed by atoms with Crippen LogP contribution in [0.4, 0.5) is 4.79 Å². The van der Waals surface area contributed by atoms with Crippen LogP contribution in [-0.2, 0) is 11.3 Å². The quantitative estimate of drug-likeness (QED) is 0.346. The molecule has 0 N–H and O–H groups in total. The molecular weight excluding hydrogens is 438 g/mol. The second kappa shape index (κ2) is 10.5. The van der Waals surface area contributed by atoms with Gasteiger partial charge in [0.2, 0.25) is 0 Å². The zero-order valence-electron chi connectivity index (χ0n) is 19.8. The lowest BCUT2D eigenvalue weighted by Gasteiger charge is -2.30. The minimum atomic E-state index is -0.249. The summed E-state index contributed by atoms with van der Waals surface area (Å²) in [5.41, 5.74) is 5.19. The number of ether oxygens (including phenoxy) is 2. The Morgan fingerprint density at radius 3 is 2.23 bits per heavy atom. The van der Waals surface area contributed by atoms with Crippen LogP contribution in [0.3, 0.4) is 0 Å². The lowest BCUT2D eigenvalue weighted by Crippen LogP contribution is -2.38. The van der Waals surface area contributed by atoms with Crippen LogP contribution in [0.2, 0.25) is 0 Å². The fraction of sp³-hybridized carbons (Fsp3) is 0.241. The second-order valence-electron chi connectivity index (χ2n) is 8.73. The molecule has 6 nitrogen and oxygen atoms in total. The SMILES string of the molecule is COc1ccc(-c2cc(C3CCN(C(=O)OCc4ccccc4)CC3)nn2-c2ccccc2)cc1. The molecule has 0 spiro atoms. The third-order valence-corrected chi connectivity index (χ3v) is 6.49. The number of likely N-dealkylation sites (tertiary alicyclic amines) is 1. The fourth-order valence-electron chi connectivity index (χ4n) is 4.50. The molecule has 4 aromatic rings. The number of hydrogen-bond donors (Lipinski definition) is 0. The number of methoxy groups -OCH3 is 1. The first kappa shape index (κ1) is 22.7. The lowest BCUT2D eigenvalue weighted by atomic mass is 9.93. The highest BCUT2D eigenvalue weighted by Crippen LogP contribution is 2.33. The maximum atomic E-state index is 12.6. The summed E-state index contributed by atoms with van der Waals surface area (Å²) < 4.78 is 12.9. The molecule has 1 saturated heterocycles. The number of piperidine rings is 1. The summed E-state index contributed by atoms with van der Waals surface area (Å²) in [5, 5.41) is 5.02. The summed E-state index contributed by atoms with van der Waals surface area (Å²) in [4.78, 5) is 14.4. The molecule has 1 aliphatic heterocycles. The Hall–Kier alpha value is -4.06. The van der Waals surface area contributed by atoms with Gasteiger partial charge >= 0.3 is 6.09 Å².